The van der Waals surface area contributed by atoms with Crippen LogP contribution in [0.4, 0.5) is 0 Å². The predicted octanol–water partition coefficient (Wildman–Crippen LogP) is 1.51. The van der Waals surface area contributed by atoms with Gasteiger partial charge in [-0.25, -0.2) is 0 Å². The maximum absolute atomic E-state index is 10.4. The molecule has 0 amide bonds. The molecule has 1 aromatic rings. The number of unbranched alkanes of at least 4 members (excludes halogenated alkanes) is 3. The first-order valence-electron chi connectivity index (χ1n) is 8.51. The smallest absolute Gasteiger partial charge is 0.872 e. The fraction of sp³-hybridized carbons (Fsp3) is 0.684. The SMILES string of the molecule is CCCC[O-].CCCC[O-].CCCC[O-].Cc1ccc([O-])cc1.[Ti+4]. The zero-order chi connectivity index (χ0) is 18.3. The molecule has 0 fully saturated rings. The minimum absolute atomic E-state index is 0. The zero-order valence-electron chi connectivity index (χ0n) is 15.8. The van der Waals surface area contributed by atoms with Crippen LogP contribution in [0.5, 0.6) is 5.75 Å². The predicted molar refractivity (Wildman–Crippen MR) is 90.0 cm³/mol. The van der Waals surface area contributed by atoms with Crippen molar-refractivity contribution in [2.24, 2.45) is 0 Å². The standard InChI is InChI=1S/C7H8O.3C4H9O.Ti/c1-6-2-4-7(8)5-3-6;3*1-2-3-4-5;/h2-5,8H,1H3;3*2-4H2,1H3;/q;3*-1;+4/p-1. The number of aryl methyl sites for hydroxylation is 1. The Labute approximate surface area is 163 Å². The second-order valence-corrected chi connectivity index (χ2v) is 4.99. The van der Waals surface area contributed by atoms with Gasteiger partial charge in [0.1, 0.15) is 0 Å². The van der Waals surface area contributed by atoms with Gasteiger partial charge in [-0.05, 0) is 6.92 Å². The van der Waals surface area contributed by atoms with Crippen molar-refractivity contribution >= 4 is 0 Å². The average molecular weight is 374 g/mol. The van der Waals surface area contributed by atoms with E-state index in [0.29, 0.717) is 0 Å². The van der Waals surface area contributed by atoms with Gasteiger partial charge in [0.15, 0.2) is 0 Å². The molecule has 0 aromatic heterocycles. The van der Waals surface area contributed by atoms with Gasteiger partial charge in [-0.3, -0.25) is 0 Å². The summed E-state index contributed by atoms with van der Waals surface area (Å²) >= 11 is 0. The van der Waals surface area contributed by atoms with Gasteiger partial charge in [0.25, 0.3) is 0 Å². The maximum Gasteiger partial charge on any atom is 4.00 e. The molecule has 0 bridgehead atoms. The van der Waals surface area contributed by atoms with Crippen molar-refractivity contribution in [3.05, 3.63) is 29.8 Å². The van der Waals surface area contributed by atoms with Crippen molar-refractivity contribution in [1.82, 2.24) is 0 Å². The number of benzene rings is 1. The van der Waals surface area contributed by atoms with Crippen LogP contribution >= 0.6 is 0 Å². The Balaban J connectivity index is -0.000000113. The molecule has 1 rings (SSSR count). The van der Waals surface area contributed by atoms with Crippen LogP contribution in [-0.4, -0.2) is 19.8 Å². The third kappa shape index (κ3) is 37.7. The van der Waals surface area contributed by atoms with Gasteiger partial charge in [0.05, 0.1) is 0 Å². The van der Waals surface area contributed by atoms with Crippen molar-refractivity contribution in [3.8, 4) is 5.75 Å². The van der Waals surface area contributed by atoms with Crippen LogP contribution in [0.25, 0.3) is 0 Å². The van der Waals surface area contributed by atoms with Gasteiger partial charge in [-0.15, -0.1) is 25.6 Å². The Morgan fingerprint density at radius 1 is 0.667 bits per heavy atom. The van der Waals surface area contributed by atoms with E-state index in [-0.39, 0.29) is 47.3 Å². The first-order chi connectivity index (χ1) is 11.0. The molecule has 0 unspecified atom stereocenters. The van der Waals surface area contributed by atoms with Crippen LogP contribution in [0.15, 0.2) is 24.3 Å². The molecule has 0 aliphatic rings. The van der Waals surface area contributed by atoms with Gasteiger partial charge in [0, 0.05) is 0 Å². The van der Waals surface area contributed by atoms with E-state index in [2.05, 4.69) is 0 Å². The molecule has 0 radical (unpaired) electrons. The molecule has 0 atom stereocenters. The Morgan fingerprint density at radius 2 is 0.958 bits per heavy atom. The Morgan fingerprint density at radius 3 is 1.08 bits per heavy atom. The van der Waals surface area contributed by atoms with Gasteiger partial charge in [0.2, 0.25) is 0 Å². The molecule has 0 saturated carbocycles. The first-order valence-corrected chi connectivity index (χ1v) is 8.51. The van der Waals surface area contributed by atoms with Crippen molar-refractivity contribution < 1.29 is 42.1 Å². The van der Waals surface area contributed by atoms with E-state index in [4.69, 9.17) is 0 Å². The van der Waals surface area contributed by atoms with E-state index < -0.39 is 0 Å². The molecule has 4 nitrogen and oxygen atoms in total. The third-order valence-electron chi connectivity index (χ3n) is 2.51. The van der Waals surface area contributed by atoms with Crippen LogP contribution < -0.4 is 20.4 Å². The number of rotatable bonds is 6. The topological polar surface area (TPSA) is 92.2 Å². The van der Waals surface area contributed by atoms with Crippen LogP contribution in [0.3, 0.4) is 0 Å². The van der Waals surface area contributed by atoms with Crippen molar-refractivity contribution in [2.75, 3.05) is 19.8 Å². The molecule has 24 heavy (non-hydrogen) atoms. The molecule has 138 valence electrons. The minimum Gasteiger partial charge on any atom is -0.872 e. The van der Waals surface area contributed by atoms with Gasteiger partial charge < -0.3 is 20.4 Å². The number of hydrogen-bond donors (Lipinski definition) is 0. The molecule has 0 saturated heterocycles. The molecule has 1 aromatic carbocycles. The molecule has 0 spiro atoms. The van der Waals surface area contributed by atoms with E-state index >= 15 is 0 Å². The summed E-state index contributed by atoms with van der Waals surface area (Å²) in [5.74, 6) is 0.0793. The fourth-order valence-electron chi connectivity index (χ4n) is 0.971. The van der Waals surface area contributed by atoms with Crippen molar-refractivity contribution in [1.29, 1.82) is 0 Å². The van der Waals surface area contributed by atoms with E-state index in [1.807, 2.05) is 39.8 Å². The average Bonchev–Trinajstić information content (AvgIpc) is 2.54. The summed E-state index contributed by atoms with van der Waals surface area (Å²) in [5.41, 5.74) is 1.13. The molecule has 5 heteroatoms. The molecule has 0 aliphatic heterocycles. The third-order valence-corrected chi connectivity index (χ3v) is 2.51. The van der Waals surface area contributed by atoms with Crippen molar-refractivity contribution in [3.63, 3.8) is 0 Å². The summed E-state index contributed by atoms with van der Waals surface area (Å²) < 4.78 is 0. The molecule has 0 N–H and O–H groups in total. The second-order valence-electron chi connectivity index (χ2n) is 4.99. The van der Waals surface area contributed by atoms with Gasteiger partial charge in [-0.1, -0.05) is 89.1 Å². The van der Waals surface area contributed by atoms with E-state index in [9.17, 15) is 20.4 Å². The quantitative estimate of drug-likeness (QED) is 0.706. The Kier molecular flexibility index (Phi) is 39.9. The molecular formula is C19H34O4Ti. The van der Waals surface area contributed by atoms with Crippen LogP contribution in [-0.2, 0) is 21.7 Å². The van der Waals surface area contributed by atoms with E-state index in [1.165, 1.54) is 0 Å². The number of hydrogen-bond acceptors (Lipinski definition) is 4. The van der Waals surface area contributed by atoms with Gasteiger partial charge >= 0.3 is 21.7 Å². The molecular weight excluding hydrogens is 340 g/mol. The maximum atomic E-state index is 10.4. The largest absolute Gasteiger partial charge is 4.00 e. The van der Waals surface area contributed by atoms with Crippen LogP contribution in [0.2, 0.25) is 0 Å². The van der Waals surface area contributed by atoms with E-state index in [0.717, 1.165) is 44.1 Å². The van der Waals surface area contributed by atoms with Crippen LogP contribution in [0.1, 0.15) is 64.9 Å². The minimum atomic E-state index is 0. The van der Waals surface area contributed by atoms with Gasteiger partial charge in [-0.2, -0.15) is 0 Å². The Bertz CT molecular complexity index is 251. The summed E-state index contributed by atoms with van der Waals surface area (Å²) in [4.78, 5) is 0. The first kappa shape index (κ1) is 31.4. The summed E-state index contributed by atoms with van der Waals surface area (Å²) in [6, 6.07) is 6.75. The van der Waals surface area contributed by atoms with Crippen molar-refractivity contribution in [2.45, 2.75) is 66.2 Å². The molecule has 0 heterocycles. The normalized spacial score (nSPS) is 8.29. The monoisotopic (exact) mass is 374 g/mol. The van der Waals surface area contributed by atoms with Crippen LogP contribution in [0, 0.1) is 6.92 Å². The Hall–Kier alpha value is -0.386. The second kappa shape index (κ2) is 30.5. The fourth-order valence-corrected chi connectivity index (χ4v) is 0.971. The van der Waals surface area contributed by atoms with E-state index in [1.54, 1.807) is 12.1 Å². The zero-order valence-corrected chi connectivity index (χ0v) is 17.4. The molecule has 0 aliphatic carbocycles. The summed E-state index contributed by atoms with van der Waals surface area (Å²) in [7, 11) is 0. The summed E-state index contributed by atoms with van der Waals surface area (Å²) in [5, 5.41) is 39.0. The summed E-state index contributed by atoms with van der Waals surface area (Å²) in [6.07, 6.45) is 5.59. The summed E-state index contributed by atoms with van der Waals surface area (Å²) in [6.45, 7) is 8.27.